The molecule has 1 aliphatic heterocycles. The fourth-order valence-electron chi connectivity index (χ4n) is 4.05. The number of halogens is 5. The van der Waals surface area contributed by atoms with Crippen LogP contribution in [0.5, 0.6) is 0 Å². The van der Waals surface area contributed by atoms with Crippen molar-refractivity contribution in [1.29, 1.82) is 0 Å². The molecule has 0 unspecified atom stereocenters. The molecular weight excluding hydrogens is 490 g/mol. The molecule has 1 aliphatic rings. The van der Waals surface area contributed by atoms with E-state index in [1.807, 2.05) is 0 Å². The van der Waals surface area contributed by atoms with Crippen LogP contribution in [0.15, 0.2) is 65.6 Å². The number of hydrogen-bond donors (Lipinski definition) is 0. The average molecular weight is 510 g/mol. The summed E-state index contributed by atoms with van der Waals surface area (Å²) in [5.74, 6) is -0.479. The van der Waals surface area contributed by atoms with Crippen molar-refractivity contribution in [3.8, 4) is 0 Å². The van der Waals surface area contributed by atoms with Crippen molar-refractivity contribution in [2.75, 3.05) is 10.8 Å². The Morgan fingerprint density at radius 3 is 2.50 bits per heavy atom. The molecule has 3 aromatic rings. The largest absolute Gasteiger partial charge is 0.416 e. The first-order valence-corrected chi connectivity index (χ1v) is 12.3. The molecule has 178 valence electrons. The third kappa shape index (κ3) is 4.70. The fraction of sp³-hybridized carbons (Fsp3) is 0.200. The van der Waals surface area contributed by atoms with Gasteiger partial charge in [-0.1, -0.05) is 41.9 Å². The van der Waals surface area contributed by atoms with Crippen LogP contribution in [-0.2, 0) is 22.6 Å². The Labute approximate surface area is 200 Å². The SMILES string of the molecule is C/C(=C\c1ccc2c(c1)N(S(=O)(=O)c1cccc(C(F)(F)F)c1)CCC2)c1c(F)cccc1Cl. The number of fused-ring (bicyclic) bond motifs is 1. The molecule has 0 atom stereocenters. The highest BCUT2D eigenvalue weighted by Gasteiger charge is 2.34. The molecule has 0 saturated heterocycles. The van der Waals surface area contributed by atoms with Crippen LogP contribution in [0, 0.1) is 5.82 Å². The van der Waals surface area contributed by atoms with Crippen LogP contribution >= 0.6 is 11.6 Å². The molecule has 4 rings (SSSR count). The van der Waals surface area contributed by atoms with Crippen molar-refractivity contribution in [2.45, 2.75) is 30.8 Å². The van der Waals surface area contributed by atoms with Crippen molar-refractivity contribution in [3.63, 3.8) is 0 Å². The average Bonchev–Trinajstić information content (AvgIpc) is 2.78. The second-order valence-corrected chi connectivity index (χ2v) is 10.3. The van der Waals surface area contributed by atoms with Crippen LogP contribution in [0.1, 0.15) is 35.6 Å². The molecule has 0 bridgehead atoms. The molecule has 9 heteroatoms. The lowest BCUT2D eigenvalue weighted by Gasteiger charge is -2.31. The number of alkyl halides is 3. The highest BCUT2D eigenvalue weighted by molar-refractivity contribution is 7.92. The first-order valence-electron chi connectivity index (χ1n) is 10.4. The zero-order chi connectivity index (χ0) is 24.7. The number of aryl methyl sites for hydroxylation is 1. The van der Waals surface area contributed by atoms with Crippen molar-refractivity contribution in [1.82, 2.24) is 0 Å². The van der Waals surface area contributed by atoms with Gasteiger partial charge in [-0.3, -0.25) is 4.31 Å². The van der Waals surface area contributed by atoms with E-state index in [1.54, 1.807) is 37.3 Å². The highest BCUT2D eigenvalue weighted by atomic mass is 35.5. The summed E-state index contributed by atoms with van der Waals surface area (Å²) in [4.78, 5) is -0.426. The lowest BCUT2D eigenvalue weighted by atomic mass is 9.99. The zero-order valence-electron chi connectivity index (χ0n) is 18.0. The Kier molecular flexibility index (Phi) is 6.48. The molecule has 0 saturated carbocycles. The summed E-state index contributed by atoms with van der Waals surface area (Å²) in [5.41, 5.74) is 1.54. The van der Waals surface area contributed by atoms with Crippen molar-refractivity contribution in [3.05, 3.63) is 93.8 Å². The van der Waals surface area contributed by atoms with E-state index in [2.05, 4.69) is 0 Å². The van der Waals surface area contributed by atoms with Crippen molar-refractivity contribution >= 4 is 39.0 Å². The number of anilines is 1. The van der Waals surface area contributed by atoms with Crippen LogP contribution in [0.2, 0.25) is 5.02 Å². The molecule has 0 aromatic heterocycles. The van der Waals surface area contributed by atoms with Gasteiger partial charge in [0.05, 0.1) is 21.2 Å². The van der Waals surface area contributed by atoms with Crippen LogP contribution in [-0.4, -0.2) is 15.0 Å². The van der Waals surface area contributed by atoms with Crippen LogP contribution in [0.3, 0.4) is 0 Å². The number of nitrogens with zero attached hydrogens (tertiary/aromatic N) is 1. The molecule has 0 N–H and O–H groups in total. The number of rotatable bonds is 4. The monoisotopic (exact) mass is 509 g/mol. The maximum atomic E-state index is 14.3. The van der Waals surface area contributed by atoms with Crippen LogP contribution in [0.4, 0.5) is 23.2 Å². The molecule has 3 aromatic carbocycles. The first-order chi connectivity index (χ1) is 16.0. The lowest BCUT2D eigenvalue weighted by molar-refractivity contribution is -0.137. The first kappa shape index (κ1) is 24.3. The van der Waals surface area contributed by atoms with Crippen LogP contribution in [0.25, 0.3) is 11.6 Å². The number of hydrogen-bond acceptors (Lipinski definition) is 2. The molecule has 1 heterocycles. The standard InChI is InChI=1S/C25H20ClF4NO2S/c1-16(24-21(26)8-3-9-22(24)27)13-17-10-11-18-5-4-12-31(23(18)14-17)34(32,33)20-7-2-6-19(15-20)25(28,29)30/h2-3,6-11,13-15H,4-5,12H2,1H3/b16-13+. The zero-order valence-corrected chi connectivity index (χ0v) is 19.6. The Balaban J connectivity index is 1.76. The summed E-state index contributed by atoms with van der Waals surface area (Å²) < 4.78 is 81.6. The quantitative estimate of drug-likeness (QED) is 0.275. The topological polar surface area (TPSA) is 37.4 Å². The normalized spacial score (nSPS) is 14.8. The second kappa shape index (κ2) is 9.07. The van der Waals surface area contributed by atoms with Crippen molar-refractivity contribution in [2.24, 2.45) is 0 Å². The molecule has 0 fully saturated rings. The third-order valence-corrected chi connectivity index (χ3v) is 7.80. The van der Waals surface area contributed by atoms with Gasteiger partial charge < -0.3 is 0 Å². The number of allylic oxidation sites excluding steroid dienone is 1. The number of sulfonamides is 1. The predicted molar refractivity (Wildman–Crippen MR) is 126 cm³/mol. The minimum Gasteiger partial charge on any atom is -0.266 e. The van der Waals surface area contributed by atoms with E-state index in [0.717, 1.165) is 28.1 Å². The van der Waals surface area contributed by atoms with Crippen molar-refractivity contribution < 1.29 is 26.0 Å². The smallest absolute Gasteiger partial charge is 0.266 e. The Hall–Kier alpha value is -2.84. The summed E-state index contributed by atoms with van der Waals surface area (Å²) in [6, 6.07) is 13.3. The molecule has 0 radical (unpaired) electrons. The molecule has 0 aliphatic carbocycles. The molecule has 0 amide bonds. The molecular formula is C25H20ClF4NO2S. The van der Waals surface area contributed by atoms with Gasteiger partial charge in [0.1, 0.15) is 5.82 Å². The third-order valence-electron chi connectivity index (χ3n) is 5.67. The minimum atomic E-state index is -4.66. The Bertz CT molecular complexity index is 1360. The van der Waals surface area contributed by atoms with Crippen LogP contribution < -0.4 is 4.31 Å². The van der Waals surface area contributed by atoms with Gasteiger partial charge >= 0.3 is 6.18 Å². The predicted octanol–water partition coefficient (Wildman–Crippen LogP) is 7.20. The van der Waals surface area contributed by atoms with E-state index < -0.39 is 32.5 Å². The van der Waals surface area contributed by atoms with E-state index in [4.69, 9.17) is 11.6 Å². The van der Waals surface area contributed by atoms with Gasteiger partial charge in [0, 0.05) is 12.1 Å². The fourth-order valence-corrected chi connectivity index (χ4v) is 5.95. The number of benzene rings is 3. The van der Waals surface area contributed by atoms with E-state index >= 15 is 0 Å². The van der Waals surface area contributed by atoms with E-state index in [9.17, 15) is 26.0 Å². The minimum absolute atomic E-state index is 0.136. The Morgan fingerprint density at radius 1 is 1.06 bits per heavy atom. The van der Waals surface area contributed by atoms with E-state index in [-0.39, 0.29) is 17.1 Å². The van der Waals surface area contributed by atoms with Gasteiger partial charge in [-0.2, -0.15) is 13.2 Å². The summed E-state index contributed by atoms with van der Waals surface area (Å²) >= 11 is 6.15. The highest BCUT2D eigenvalue weighted by Crippen LogP contribution is 2.36. The molecule has 0 spiro atoms. The van der Waals surface area contributed by atoms with Gasteiger partial charge in [-0.15, -0.1) is 0 Å². The van der Waals surface area contributed by atoms with E-state index in [1.165, 1.54) is 12.1 Å². The maximum absolute atomic E-state index is 14.3. The maximum Gasteiger partial charge on any atom is 0.416 e. The summed E-state index contributed by atoms with van der Waals surface area (Å²) in [7, 11) is -4.24. The van der Waals surface area contributed by atoms with Gasteiger partial charge in [0.15, 0.2) is 0 Å². The van der Waals surface area contributed by atoms with Gasteiger partial charge in [-0.25, -0.2) is 12.8 Å². The molecule has 3 nitrogen and oxygen atoms in total. The summed E-state index contributed by atoms with van der Waals surface area (Å²) in [5, 5.41) is 0.250. The molecule has 34 heavy (non-hydrogen) atoms. The van der Waals surface area contributed by atoms with Gasteiger partial charge in [0.2, 0.25) is 0 Å². The van der Waals surface area contributed by atoms with Gasteiger partial charge in [-0.05, 0) is 72.9 Å². The second-order valence-electron chi connectivity index (χ2n) is 8.02. The van der Waals surface area contributed by atoms with Gasteiger partial charge in [0.25, 0.3) is 10.0 Å². The van der Waals surface area contributed by atoms with E-state index in [0.29, 0.717) is 35.7 Å². The lowest BCUT2D eigenvalue weighted by Crippen LogP contribution is -2.35. The summed E-state index contributed by atoms with van der Waals surface area (Å²) in [6.45, 7) is 1.83. The Morgan fingerprint density at radius 2 is 1.79 bits per heavy atom. The summed E-state index contributed by atoms with van der Waals surface area (Å²) in [6.07, 6.45) is -1.81.